The van der Waals surface area contributed by atoms with Gasteiger partial charge in [-0.15, -0.1) is 11.3 Å². The molecular weight excluding hydrogens is 236 g/mol. The van der Waals surface area contributed by atoms with Crippen molar-refractivity contribution < 1.29 is 9.53 Å². The van der Waals surface area contributed by atoms with Gasteiger partial charge >= 0.3 is 6.09 Å². The Balaban J connectivity index is 2.08. The molecule has 0 radical (unpaired) electrons. The van der Waals surface area contributed by atoms with Gasteiger partial charge in [0.25, 0.3) is 0 Å². The molecule has 90 valence electrons. The number of carbonyl (C=O) groups excluding carboxylic acids is 1. The summed E-state index contributed by atoms with van der Waals surface area (Å²) >= 11 is 1.44. The van der Waals surface area contributed by atoms with Gasteiger partial charge in [-0.05, 0) is 31.7 Å². The molecule has 0 N–H and O–H groups in total. The second-order valence-corrected chi connectivity index (χ2v) is 5.90. The third kappa shape index (κ3) is 2.42. The van der Waals surface area contributed by atoms with Gasteiger partial charge in [0.15, 0.2) is 0 Å². The lowest BCUT2D eigenvalue weighted by atomic mass is 10.2. The first-order chi connectivity index (χ1) is 7.90. The molecule has 0 bridgehead atoms. The summed E-state index contributed by atoms with van der Waals surface area (Å²) in [6, 6.07) is 2.15. The molecule has 0 atom stereocenters. The van der Waals surface area contributed by atoms with Gasteiger partial charge < -0.3 is 4.74 Å². The van der Waals surface area contributed by atoms with Crippen molar-refractivity contribution in [3.8, 4) is 6.07 Å². The van der Waals surface area contributed by atoms with Gasteiger partial charge in [0.2, 0.25) is 0 Å². The van der Waals surface area contributed by atoms with E-state index in [1.807, 2.05) is 26.2 Å². The summed E-state index contributed by atoms with van der Waals surface area (Å²) in [5, 5.41) is 10.9. The van der Waals surface area contributed by atoms with Crippen LogP contribution in [0.3, 0.4) is 0 Å². The molecule has 2 heterocycles. The van der Waals surface area contributed by atoms with Crippen molar-refractivity contribution in [2.75, 3.05) is 0 Å². The highest BCUT2D eigenvalue weighted by Gasteiger charge is 2.30. The number of thiophene rings is 1. The van der Waals surface area contributed by atoms with Crippen LogP contribution in [-0.4, -0.2) is 16.6 Å². The zero-order valence-corrected chi connectivity index (χ0v) is 10.9. The van der Waals surface area contributed by atoms with E-state index in [9.17, 15) is 4.79 Å². The molecule has 1 aliphatic rings. The van der Waals surface area contributed by atoms with E-state index in [1.54, 1.807) is 4.90 Å². The largest absolute Gasteiger partial charge is 0.444 e. The number of nitriles is 1. The summed E-state index contributed by atoms with van der Waals surface area (Å²) in [6.45, 7) is 6.56. The molecule has 1 aromatic rings. The Bertz CT molecular complexity index is 494. The summed E-state index contributed by atoms with van der Waals surface area (Å²) in [4.78, 5) is 14.2. The normalized spacial score (nSPS) is 14.4. The number of ether oxygens (including phenoxy) is 1. The highest BCUT2D eigenvalue weighted by atomic mass is 32.1. The molecule has 0 aliphatic carbocycles. The van der Waals surface area contributed by atoms with Crippen molar-refractivity contribution in [3.63, 3.8) is 0 Å². The minimum Gasteiger partial charge on any atom is -0.444 e. The number of rotatable bonds is 0. The van der Waals surface area contributed by atoms with Gasteiger partial charge in [0.1, 0.15) is 16.5 Å². The molecule has 17 heavy (non-hydrogen) atoms. The smallest absolute Gasteiger partial charge is 0.410 e. The number of fused-ring (bicyclic) bond motifs is 1. The SMILES string of the molecule is CC(C)(C)OC(=O)N1Cc2csc(C#N)c2C1. The first-order valence-electron chi connectivity index (χ1n) is 5.38. The van der Waals surface area contributed by atoms with Crippen LogP contribution in [0.5, 0.6) is 0 Å². The summed E-state index contributed by atoms with van der Waals surface area (Å²) in [5.74, 6) is 0. The minimum absolute atomic E-state index is 0.317. The lowest BCUT2D eigenvalue weighted by molar-refractivity contribution is 0.0241. The van der Waals surface area contributed by atoms with Crippen molar-refractivity contribution in [3.05, 3.63) is 21.4 Å². The van der Waals surface area contributed by atoms with E-state index in [0.717, 1.165) is 11.1 Å². The number of carbonyl (C=O) groups is 1. The number of amides is 1. The second-order valence-electron chi connectivity index (χ2n) is 5.02. The lowest BCUT2D eigenvalue weighted by Gasteiger charge is -2.24. The van der Waals surface area contributed by atoms with Crippen LogP contribution in [0.25, 0.3) is 0 Å². The zero-order chi connectivity index (χ0) is 12.6. The Kier molecular flexibility index (Phi) is 2.84. The van der Waals surface area contributed by atoms with Crippen LogP contribution in [0.4, 0.5) is 4.79 Å². The second kappa shape index (κ2) is 4.04. The van der Waals surface area contributed by atoms with Gasteiger partial charge in [-0.2, -0.15) is 5.26 Å². The maximum absolute atomic E-state index is 11.9. The van der Waals surface area contributed by atoms with E-state index in [1.165, 1.54) is 11.3 Å². The molecule has 5 heteroatoms. The van der Waals surface area contributed by atoms with Gasteiger partial charge in [-0.25, -0.2) is 4.79 Å². The molecule has 0 aromatic carbocycles. The van der Waals surface area contributed by atoms with Crippen molar-refractivity contribution in [1.29, 1.82) is 5.26 Å². The van der Waals surface area contributed by atoms with Crippen LogP contribution in [0, 0.1) is 11.3 Å². The topological polar surface area (TPSA) is 53.3 Å². The van der Waals surface area contributed by atoms with E-state index in [2.05, 4.69) is 6.07 Å². The van der Waals surface area contributed by atoms with Crippen LogP contribution >= 0.6 is 11.3 Å². The first-order valence-corrected chi connectivity index (χ1v) is 6.26. The van der Waals surface area contributed by atoms with Crippen molar-refractivity contribution in [2.45, 2.75) is 39.5 Å². The van der Waals surface area contributed by atoms with Crippen molar-refractivity contribution in [1.82, 2.24) is 4.90 Å². The van der Waals surface area contributed by atoms with Crippen molar-refractivity contribution >= 4 is 17.4 Å². The van der Waals surface area contributed by atoms with E-state index in [0.29, 0.717) is 18.0 Å². The molecule has 1 aromatic heterocycles. The van der Waals surface area contributed by atoms with Gasteiger partial charge in [-0.3, -0.25) is 4.90 Å². The standard InChI is InChI=1S/C12H14N2O2S/c1-12(2,3)16-11(15)14-5-8-7-17-10(4-13)9(8)6-14/h7H,5-6H2,1-3H3. The fraction of sp³-hybridized carbons (Fsp3) is 0.500. The molecule has 0 saturated carbocycles. The Morgan fingerprint density at radius 3 is 2.82 bits per heavy atom. The van der Waals surface area contributed by atoms with Gasteiger partial charge in [0, 0.05) is 5.56 Å². The highest BCUT2D eigenvalue weighted by Crippen LogP contribution is 2.31. The van der Waals surface area contributed by atoms with Gasteiger partial charge in [-0.1, -0.05) is 0 Å². The average molecular weight is 250 g/mol. The Labute approximate surface area is 104 Å². The van der Waals surface area contributed by atoms with Crippen molar-refractivity contribution in [2.24, 2.45) is 0 Å². The molecule has 1 aliphatic heterocycles. The van der Waals surface area contributed by atoms with E-state index < -0.39 is 5.60 Å². The monoisotopic (exact) mass is 250 g/mol. The van der Waals surface area contributed by atoms with Crippen LogP contribution < -0.4 is 0 Å². The third-order valence-electron chi connectivity index (χ3n) is 2.44. The molecule has 2 rings (SSSR count). The fourth-order valence-electron chi connectivity index (χ4n) is 1.73. The molecule has 1 amide bonds. The summed E-state index contributed by atoms with van der Waals surface area (Å²) in [6.07, 6.45) is -0.317. The van der Waals surface area contributed by atoms with Crippen LogP contribution in [0.1, 0.15) is 36.8 Å². The molecule has 0 unspecified atom stereocenters. The van der Waals surface area contributed by atoms with E-state index in [-0.39, 0.29) is 6.09 Å². The van der Waals surface area contributed by atoms with Crippen LogP contribution in [0.2, 0.25) is 0 Å². The minimum atomic E-state index is -0.482. The quantitative estimate of drug-likeness (QED) is 0.711. The van der Waals surface area contributed by atoms with E-state index in [4.69, 9.17) is 10.00 Å². The van der Waals surface area contributed by atoms with Crippen LogP contribution in [-0.2, 0) is 17.8 Å². The van der Waals surface area contributed by atoms with Crippen LogP contribution in [0.15, 0.2) is 5.38 Å². The molecule has 0 saturated heterocycles. The molecule has 0 fully saturated rings. The molecule has 0 spiro atoms. The summed E-state index contributed by atoms with van der Waals surface area (Å²) in [5.41, 5.74) is 1.56. The maximum atomic E-state index is 11.9. The Morgan fingerprint density at radius 1 is 1.53 bits per heavy atom. The number of nitrogens with zero attached hydrogens (tertiary/aromatic N) is 2. The summed E-state index contributed by atoms with van der Waals surface area (Å²) in [7, 11) is 0. The first kappa shape index (κ1) is 11.9. The Hall–Kier alpha value is -1.54. The molecular formula is C12H14N2O2S. The summed E-state index contributed by atoms with van der Waals surface area (Å²) < 4.78 is 5.30. The highest BCUT2D eigenvalue weighted by molar-refractivity contribution is 7.10. The van der Waals surface area contributed by atoms with E-state index >= 15 is 0 Å². The number of hydrogen-bond donors (Lipinski definition) is 0. The predicted molar refractivity (Wildman–Crippen MR) is 64.5 cm³/mol. The van der Waals surface area contributed by atoms with Gasteiger partial charge in [0.05, 0.1) is 13.1 Å². The number of hydrogen-bond acceptors (Lipinski definition) is 4. The Morgan fingerprint density at radius 2 is 2.24 bits per heavy atom. The maximum Gasteiger partial charge on any atom is 0.410 e. The third-order valence-corrected chi connectivity index (χ3v) is 3.42. The molecule has 4 nitrogen and oxygen atoms in total. The zero-order valence-electron chi connectivity index (χ0n) is 10.1. The predicted octanol–water partition coefficient (Wildman–Crippen LogP) is 2.87. The average Bonchev–Trinajstić information content (AvgIpc) is 2.72. The fourth-order valence-corrected chi connectivity index (χ4v) is 2.59. The lowest BCUT2D eigenvalue weighted by Crippen LogP contribution is -2.33.